The van der Waals surface area contributed by atoms with Gasteiger partial charge in [-0.25, -0.2) is 4.68 Å². The number of anilines is 1. The number of nitrogens with one attached hydrogen (secondary N) is 1. The summed E-state index contributed by atoms with van der Waals surface area (Å²) in [6.07, 6.45) is 0.319. The average molecular weight is 315 g/mol. The first-order valence-corrected chi connectivity index (χ1v) is 7.29. The molecule has 2 aromatic rings. The van der Waals surface area contributed by atoms with E-state index >= 15 is 0 Å². The molecule has 1 amide bonds. The Hall–Kier alpha value is -2.83. The minimum absolute atomic E-state index is 0.192. The van der Waals surface area contributed by atoms with Crippen LogP contribution in [0.15, 0.2) is 35.1 Å². The molecule has 0 bridgehead atoms. The number of nitrogens with zero attached hydrogens (tertiary/aromatic N) is 2. The van der Waals surface area contributed by atoms with Crippen LogP contribution in [0.4, 0.5) is 5.69 Å². The first-order valence-electron chi connectivity index (χ1n) is 7.29. The highest BCUT2D eigenvalue weighted by Gasteiger charge is 2.48. The normalized spacial score (nSPS) is 19.4. The summed E-state index contributed by atoms with van der Waals surface area (Å²) in [5, 5.41) is 11.5. The summed E-state index contributed by atoms with van der Waals surface area (Å²) in [6, 6.07) is 9.10. The maximum atomic E-state index is 12.6. The first kappa shape index (κ1) is 15.1. The Bertz CT molecular complexity index is 835. The van der Waals surface area contributed by atoms with E-state index in [-0.39, 0.29) is 11.2 Å². The van der Waals surface area contributed by atoms with Crippen LogP contribution in [-0.4, -0.2) is 26.3 Å². The number of carbonyl (C=O) groups excluding carboxylic acids is 1. The van der Waals surface area contributed by atoms with E-state index in [9.17, 15) is 14.4 Å². The Morgan fingerprint density at radius 3 is 2.43 bits per heavy atom. The summed E-state index contributed by atoms with van der Waals surface area (Å²) in [5.74, 6) is -2.59. The lowest BCUT2D eigenvalue weighted by Crippen LogP contribution is -2.24. The topological polar surface area (TPSA) is 93.3 Å². The molecule has 7 nitrogen and oxygen atoms in total. The average Bonchev–Trinajstić information content (AvgIpc) is 3.30. The molecular weight excluding hydrogens is 298 g/mol. The number of carbonyl (C=O) groups is 2. The molecule has 2 atom stereocenters. The zero-order chi connectivity index (χ0) is 16.7. The van der Waals surface area contributed by atoms with Gasteiger partial charge in [-0.1, -0.05) is 18.2 Å². The second kappa shape index (κ2) is 5.42. The Morgan fingerprint density at radius 2 is 1.87 bits per heavy atom. The molecule has 0 aliphatic heterocycles. The van der Waals surface area contributed by atoms with Crippen molar-refractivity contribution in [2.45, 2.75) is 13.3 Å². The monoisotopic (exact) mass is 315 g/mol. The second-order valence-electron chi connectivity index (χ2n) is 5.71. The summed E-state index contributed by atoms with van der Waals surface area (Å²) >= 11 is 0. The summed E-state index contributed by atoms with van der Waals surface area (Å²) in [5.41, 5.74) is 1.16. The maximum Gasteiger partial charge on any atom is 0.307 e. The summed E-state index contributed by atoms with van der Waals surface area (Å²) in [7, 11) is 1.73. The van der Waals surface area contributed by atoms with Crippen molar-refractivity contribution in [3.05, 3.63) is 46.4 Å². The van der Waals surface area contributed by atoms with Crippen molar-refractivity contribution in [2.75, 3.05) is 5.32 Å². The fraction of sp³-hybridized carbons (Fsp3) is 0.312. The van der Waals surface area contributed by atoms with Crippen LogP contribution in [0.2, 0.25) is 0 Å². The number of aromatic nitrogens is 2. The molecule has 0 saturated heterocycles. The summed E-state index contributed by atoms with van der Waals surface area (Å²) < 4.78 is 3.13. The van der Waals surface area contributed by atoms with Gasteiger partial charge in [0.1, 0.15) is 5.69 Å². The highest BCUT2D eigenvalue weighted by atomic mass is 16.4. The van der Waals surface area contributed by atoms with Gasteiger partial charge in [-0.3, -0.25) is 19.1 Å². The Labute approximate surface area is 132 Å². The van der Waals surface area contributed by atoms with E-state index in [1.165, 1.54) is 4.68 Å². The van der Waals surface area contributed by atoms with Gasteiger partial charge in [0.05, 0.1) is 23.2 Å². The molecule has 1 aliphatic rings. The van der Waals surface area contributed by atoms with E-state index in [0.29, 0.717) is 17.8 Å². The molecule has 7 heteroatoms. The summed E-state index contributed by atoms with van der Waals surface area (Å²) in [6.45, 7) is 1.73. The minimum atomic E-state index is -0.975. The number of aliphatic carboxylic acids is 1. The molecule has 1 heterocycles. The number of carboxylic acids is 1. The number of benzene rings is 1. The quantitative estimate of drug-likeness (QED) is 0.885. The van der Waals surface area contributed by atoms with E-state index in [4.69, 9.17) is 5.11 Å². The number of rotatable bonds is 4. The fourth-order valence-electron chi connectivity index (χ4n) is 2.69. The smallest absolute Gasteiger partial charge is 0.307 e. The van der Waals surface area contributed by atoms with Crippen LogP contribution in [-0.2, 0) is 16.6 Å². The molecule has 1 aliphatic carbocycles. The standard InChI is InChI=1S/C16H17N3O4/c1-9-13(17-14(20)11-8-12(11)16(22)23)15(21)19(18(9)2)10-6-4-3-5-7-10/h3-7,11-12H,8H2,1-2H3,(H,17,20)(H,22,23)/t11-,12+/m0/s1. The zero-order valence-electron chi connectivity index (χ0n) is 12.8. The molecule has 23 heavy (non-hydrogen) atoms. The first-order chi connectivity index (χ1) is 10.9. The van der Waals surface area contributed by atoms with Gasteiger partial charge in [0.15, 0.2) is 0 Å². The molecule has 0 radical (unpaired) electrons. The van der Waals surface area contributed by atoms with E-state index in [1.54, 1.807) is 30.8 Å². The molecule has 1 fully saturated rings. The van der Waals surface area contributed by atoms with Gasteiger partial charge in [0.25, 0.3) is 5.56 Å². The van der Waals surface area contributed by atoms with Crippen LogP contribution in [0.5, 0.6) is 0 Å². The molecule has 1 saturated carbocycles. The van der Waals surface area contributed by atoms with Gasteiger partial charge in [0.2, 0.25) is 5.91 Å². The molecule has 120 valence electrons. The van der Waals surface area contributed by atoms with Crippen molar-refractivity contribution in [3.63, 3.8) is 0 Å². The van der Waals surface area contributed by atoms with Crippen molar-refractivity contribution in [1.82, 2.24) is 9.36 Å². The number of hydrogen-bond acceptors (Lipinski definition) is 3. The van der Waals surface area contributed by atoms with E-state index in [1.807, 2.05) is 18.2 Å². The van der Waals surface area contributed by atoms with Crippen molar-refractivity contribution in [2.24, 2.45) is 18.9 Å². The van der Waals surface area contributed by atoms with Crippen molar-refractivity contribution in [1.29, 1.82) is 0 Å². The van der Waals surface area contributed by atoms with Gasteiger partial charge in [-0.05, 0) is 25.5 Å². The largest absolute Gasteiger partial charge is 0.481 e. The predicted octanol–water partition coefficient (Wildman–Crippen LogP) is 1.14. The molecule has 1 aromatic carbocycles. The Balaban J connectivity index is 1.91. The van der Waals surface area contributed by atoms with Gasteiger partial charge >= 0.3 is 5.97 Å². The van der Waals surface area contributed by atoms with E-state index in [0.717, 1.165) is 0 Å². The van der Waals surface area contributed by atoms with Crippen molar-refractivity contribution >= 4 is 17.6 Å². The van der Waals surface area contributed by atoms with Crippen LogP contribution in [0.3, 0.4) is 0 Å². The minimum Gasteiger partial charge on any atom is -0.481 e. The highest BCUT2D eigenvalue weighted by molar-refractivity contribution is 5.98. The Kier molecular flexibility index (Phi) is 3.55. The van der Waals surface area contributed by atoms with Gasteiger partial charge in [-0.15, -0.1) is 0 Å². The van der Waals surface area contributed by atoms with Gasteiger partial charge in [-0.2, -0.15) is 0 Å². The number of hydrogen-bond donors (Lipinski definition) is 2. The number of para-hydroxylation sites is 1. The molecule has 0 unspecified atom stereocenters. The van der Waals surface area contributed by atoms with E-state index < -0.39 is 23.7 Å². The molecule has 3 rings (SSSR count). The molecule has 1 aromatic heterocycles. The lowest BCUT2D eigenvalue weighted by molar-refractivity contribution is -0.139. The lowest BCUT2D eigenvalue weighted by Gasteiger charge is -2.07. The van der Waals surface area contributed by atoms with E-state index in [2.05, 4.69) is 5.32 Å². The van der Waals surface area contributed by atoms with Gasteiger partial charge in [0, 0.05) is 7.05 Å². The molecular formula is C16H17N3O4. The third-order valence-electron chi connectivity index (χ3n) is 4.25. The predicted molar refractivity (Wildman–Crippen MR) is 83.6 cm³/mol. The number of amides is 1. The van der Waals surface area contributed by atoms with Crippen LogP contribution < -0.4 is 10.9 Å². The third-order valence-corrected chi connectivity index (χ3v) is 4.25. The Morgan fingerprint density at radius 1 is 1.22 bits per heavy atom. The van der Waals surface area contributed by atoms with Gasteiger partial charge < -0.3 is 10.4 Å². The lowest BCUT2D eigenvalue weighted by atomic mass is 10.3. The van der Waals surface area contributed by atoms with Crippen molar-refractivity contribution in [3.8, 4) is 5.69 Å². The second-order valence-corrected chi connectivity index (χ2v) is 5.71. The van der Waals surface area contributed by atoms with Crippen LogP contribution in [0, 0.1) is 18.8 Å². The zero-order valence-corrected chi connectivity index (χ0v) is 12.8. The maximum absolute atomic E-state index is 12.6. The van der Waals surface area contributed by atoms with Crippen LogP contribution in [0.1, 0.15) is 12.1 Å². The highest BCUT2D eigenvalue weighted by Crippen LogP contribution is 2.39. The molecule has 2 N–H and O–H groups in total. The SMILES string of the molecule is Cc1c(NC(=O)[C@H]2C[C@H]2C(=O)O)c(=O)n(-c2ccccc2)n1C. The van der Waals surface area contributed by atoms with Crippen LogP contribution >= 0.6 is 0 Å². The van der Waals surface area contributed by atoms with Crippen molar-refractivity contribution < 1.29 is 14.7 Å². The third kappa shape index (κ3) is 2.54. The van der Waals surface area contributed by atoms with Crippen LogP contribution in [0.25, 0.3) is 5.69 Å². The fourth-order valence-corrected chi connectivity index (χ4v) is 2.69. The number of carboxylic acid groups (broad SMARTS) is 1. The molecule has 0 spiro atoms. The summed E-state index contributed by atoms with van der Waals surface area (Å²) in [4.78, 5) is 35.6.